The number of alkyl halides is 3. The van der Waals surface area contributed by atoms with Crippen LogP contribution in [0.3, 0.4) is 0 Å². The molecule has 0 aliphatic rings. The van der Waals surface area contributed by atoms with Gasteiger partial charge in [-0.3, -0.25) is 4.84 Å². The fraction of sp³-hybridized carbons (Fsp3) is 0.0952. The number of amides is 2. The number of carboxylic acids is 1. The average molecular weight is 448 g/mol. The number of carbonyl (C=O) groups is 2. The van der Waals surface area contributed by atoms with Crippen LogP contribution in [0.25, 0.3) is 10.8 Å². The Morgan fingerprint density at radius 3 is 2.28 bits per heavy atom. The van der Waals surface area contributed by atoms with Crippen molar-refractivity contribution < 1.29 is 32.7 Å². The summed E-state index contributed by atoms with van der Waals surface area (Å²) in [5.74, 6) is 2.41. The van der Waals surface area contributed by atoms with Crippen LogP contribution in [0, 0.1) is 0 Å². The first kappa shape index (κ1) is 24.2. The van der Waals surface area contributed by atoms with E-state index in [1.54, 1.807) is 6.21 Å². The van der Waals surface area contributed by atoms with Crippen LogP contribution >= 0.6 is 0 Å². The number of rotatable bonds is 5. The molecule has 3 aromatic carbocycles. The number of carboxylic acid groups (broad SMARTS) is 1. The maximum atomic E-state index is 11.9. The number of nitrogens with two attached hydrogens (primary N) is 1. The van der Waals surface area contributed by atoms with E-state index in [4.69, 9.17) is 20.6 Å². The molecule has 2 amide bonds. The van der Waals surface area contributed by atoms with Crippen molar-refractivity contribution in [2.45, 2.75) is 12.8 Å². The third-order valence-electron chi connectivity index (χ3n) is 3.83. The third kappa shape index (κ3) is 7.95. The summed E-state index contributed by atoms with van der Waals surface area (Å²) in [4.78, 5) is 26.0. The zero-order valence-corrected chi connectivity index (χ0v) is 16.5. The summed E-state index contributed by atoms with van der Waals surface area (Å²) >= 11 is 0. The van der Waals surface area contributed by atoms with Crippen molar-refractivity contribution >= 4 is 34.7 Å². The van der Waals surface area contributed by atoms with Gasteiger partial charge in [0.25, 0.3) is 0 Å². The minimum absolute atomic E-state index is 0.303. The van der Waals surface area contributed by atoms with Gasteiger partial charge in [-0.15, -0.1) is 0 Å². The first-order chi connectivity index (χ1) is 15.2. The lowest BCUT2D eigenvalue weighted by atomic mass is 10.1. The lowest BCUT2D eigenvalue weighted by molar-refractivity contribution is -0.192. The van der Waals surface area contributed by atoms with Crippen LogP contribution < -0.4 is 16.6 Å². The summed E-state index contributed by atoms with van der Waals surface area (Å²) in [5.41, 5.74) is 4.94. The smallest absolute Gasteiger partial charge is 0.475 e. The summed E-state index contributed by atoms with van der Waals surface area (Å²) in [6.45, 7) is 0.303. The van der Waals surface area contributed by atoms with Crippen LogP contribution in [0.15, 0.2) is 71.8 Å². The van der Waals surface area contributed by atoms with E-state index in [1.165, 1.54) is 0 Å². The van der Waals surface area contributed by atoms with Crippen LogP contribution in [0.2, 0.25) is 0 Å². The summed E-state index contributed by atoms with van der Waals surface area (Å²) in [5, 5.41) is 15.4. The number of aliphatic carboxylic acids is 1. The van der Waals surface area contributed by atoms with Crippen LogP contribution in [-0.4, -0.2) is 29.5 Å². The molecule has 0 aliphatic heterocycles. The number of anilines is 1. The van der Waals surface area contributed by atoms with Gasteiger partial charge < -0.3 is 16.3 Å². The van der Waals surface area contributed by atoms with Gasteiger partial charge in [-0.05, 0) is 40.1 Å². The molecule has 0 saturated heterocycles. The SMILES string of the molecule is NN=Cc1ccc2cc(NC(=O)NOCc3ccccc3)ccc2c1.O=C(O)C(F)(F)F. The number of nitrogens with one attached hydrogen (secondary N) is 2. The molecule has 0 unspecified atom stereocenters. The summed E-state index contributed by atoms with van der Waals surface area (Å²) < 4.78 is 31.7. The van der Waals surface area contributed by atoms with Gasteiger partial charge in [0.15, 0.2) is 0 Å². The number of hydrazone groups is 1. The number of halogens is 3. The molecule has 0 saturated carbocycles. The largest absolute Gasteiger partial charge is 0.490 e. The van der Waals surface area contributed by atoms with Crippen LogP contribution in [-0.2, 0) is 16.2 Å². The zero-order valence-electron chi connectivity index (χ0n) is 16.5. The lowest BCUT2D eigenvalue weighted by Gasteiger charge is -2.09. The molecule has 0 heterocycles. The van der Waals surface area contributed by atoms with Gasteiger partial charge in [0.2, 0.25) is 0 Å². The number of fused-ring (bicyclic) bond motifs is 1. The Balaban J connectivity index is 0.000000451. The predicted molar refractivity (Wildman–Crippen MR) is 113 cm³/mol. The number of hydrogen-bond acceptors (Lipinski definition) is 5. The van der Waals surface area contributed by atoms with E-state index in [2.05, 4.69) is 15.9 Å². The van der Waals surface area contributed by atoms with Gasteiger partial charge in [-0.25, -0.2) is 15.1 Å². The summed E-state index contributed by atoms with van der Waals surface area (Å²) in [6, 6.07) is 20.6. The maximum Gasteiger partial charge on any atom is 0.490 e. The van der Waals surface area contributed by atoms with Gasteiger partial charge in [0.1, 0.15) is 0 Å². The number of hydroxylamine groups is 1. The van der Waals surface area contributed by atoms with E-state index >= 15 is 0 Å². The van der Waals surface area contributed by atoms with E-state index in [-0.39, 0.29) is 0 Å². The Morgan fingerprint density at radius 1 is 1.03 bits per heavy atom. The molecule has 0 aromatic heterocycles. The van der Waals surface area contributed by atoms with Gasteiger partial charge in [-0.2, -0.15) is 18.3 Å². The quantitative estimate of drug-likeness (QED) is 0.266. The molecule has 0 atom stereocenters. The number of urea groups is 1. The molecule has 0 aliphatic carbocycles. The van der Waals surface area contributed by atoms with Gasteiger partial charge >= 0.3 is 18.2 Å². The molecule has 11 heteroatoms. The van der Waals surface area contributed by atoms with E-state index in [9.17, 15) is 18.0 Å². The van der Waals surface area contributed by atoms with E-state index in [0.717, 1.165) is 21.9 Å². The molecule has 0 radical (unpaired) electrons. The van der Waals surface area contributed by atoms with E-state index in [0.29, 0.717) is 12.3 Å². The van der Waals surface area contributed by atoms with Crippen molar-refractivity contribution in [1.82, 2.24) is 5.48 Å². The molecular formula is C21H19F3N4O4. The highest BCUT2D eigenvalue weighted by Crippen LogP contribution is 2.20. The molecule has 0 spiro atoms. The molecule has 0 fully saturated rings. The molecule has 32 heavy (non-hydrogen) atoms. The van der Waals surface area contributed by atoms with Crippen LogP contribution in [0.1, 0.15) is 11.1 Å². The number of hydrogen-bond donors (Lipinski definition) is 4. The molecule has 8 nitrogen and oxygen atoms in total. The van der Waals surface area contributed by atoms with Crippen molar-refractivity contribution in [3.8, 4) is 0 Å². The number of carbonyl (C=O) groups excluding carboxylic acids is 1. The second-order valence-corrected chi connectivity index (χ2v) is 6.23. The Hall–Kier alpha value is -4.12. The predicted octanol–water partition coefficient (Wildman–Crippen LogP) is 4.02. The molecule has 0 bridgehead atoms. The van der Waals surface area contributed by atoms with Gasteiger partial charge in [0.05, 0.1) is 12.8 Å². The summed E-state index contributed by atoms with van der Waals surface area (Å²) in [6.07, 6.45) is -3.50. The first-order valence-corrected chi connectivity index (χ1v) is 8.99. The first-order valence-electron chi connectivity index (χ1n) is 8.99. The van der Waals surface area contributed by atoms with Crippen LogP contribution in [0.4, 0.5) is 23.7 Å². The lowest BCUT2D eigenvalue weighted by Crippen LogP contribution is -2.28. The summed E-state index contributed by atoms with van der Waals surface area (Å²) in [7, 11) is 0. The number of nitrogens with zero attached hydrogens (tertiary/aromatic N) is 1. The Morgan fingerprint density at radius 2 is 1.66 bits per heavy atom. The van der Waals surface area contributed by atoms with E-state index < -0.39 is 18.2 Å². The second kappa shape index (κ2) is 11.3. The monoisotopic (exact) mass is 448 g/mol. The van der Waals surface area contributed by atoms with Gasteiger partial charge in [0, 0.05) is 5.69 Å². The Bertz CT molecular complexity index is 1090. The van der Waals surface area contributed by atoms with Crippen molar-refractivity contribution in [1.29, 1.82) is 0 Å². The highest BCUT2D eigenvalue weighted by molar-refractivity contribution is 5.95. The van der Waals surface area contributed by atoms with E-state index in [1.807, 2.05) is 66.7 Å². The van der Waals surface area contributed by atoms with Crippen molar-refractivity contribution in [3.05, 3.63) is 77.9 Å². The highest BCUT2D eigenvalue weighted by atomic mass is 19.4. The minimum atomic E-state index is -5.08. The third-order valence-corrected chi connectivity index (χ3v) is 3.83. The van der Waals surface area contributed by atoms with Crippen molar-refractivity contribution in [2.24, 2.45) is 10.9 Å². The Kier molecular flexibility index (Phi) is 8.54. The average Bonchev–Trinajstić information content (AvgIpc) is 2.74. The zero-order chi connectivity index (χ0) is 23.6. The second-order valence-electron chi connectivity index (χ2n) is 6.23. The normalized spacial score (nSPS) is 11.0. The highest BCUT2D eigenvalue weighted by Gasteiger charge is 2.38. The Labute approximate surface area is 180 Å². The van der Waals surface area contributed by atoms with Gasteiger partial charge in [-0.1, -0.05) is 48.5 Å². The minimum Gasteiger partial charge on any atom is -0.475 e. The maximum absolute atomic E-state index is 11.9. The standard InChI is InChI=1S/C19H18N4O2.C2HF3O2/c20-21-12-15-6-7-17-11-18(9-8-16(17)10-15)22-19(24)23-25-13-14-4-2-1-3-5-14;3-2(4,5)1(6)7/h1-12H,13,20H2,(H2,22,23,24);(H,6,7). The molecule has 168 valence electrons. The topological polar surface area (TPSA) is 126 Å². The van der Waals surface area contributed by atoms with Crippen molar-refractivity contribution in [2.75, 3.05) is 5.32 Å². The van der Waals surface area contributed by atoms with Crippen molar-refractivity contribution in [3.63, 3.8) is 0 Å². The molecular weight excluding hydrogens is 429 g/mol. The fourth-order valence-electron chi connectivity index (χ4n) is 2.42. The molecule has 3 aromatic rings. The van der Waals surface area contributed by atoms with Crippen LogP contribution in [0.5, 0.6) is 0 Å². The molecule has 3 rings (SSSR count). The fourth-order valence-corrected chi connectivity index (χ4v) is 2.42. The molecule has 5 N–H and O–H groups in total. The number of benzene rings is 3.